The van der Waals surface area contributed by atoms with Crippen molar-refractivity contribution >= 4 is 22.0 Å². The topological polar surface area (TPSA) is 65.0 Å². The van der Waals surface area contributed by atoms with Crippen LogP contribution in [0.4, 0.5) is 5.69 Å². The molecule has 0 saturated heterocycles. The van der Waals surface area contributed by atoms with Gasteiger partial charge in [-0.2, -0.15) is 8.42 Å². The summed E-state index contributed by atoms with van der Waals surface area (Å²) in [6.45, 7) is 1.98. The number of hydrogen-bond acceptors (Lipinski definition) is 5. The molecule has 5 nitrogen and oxygen atoms in total. The number of ether oxygens (including phenoxy) is 1. The highest BCUT2D eigenvalue weighted by Gasteiger charge is 2.18. The lowest BCUT2D eigenvalue weighted by Crippen LogP contribution is -2.10. The minimum Gasteiger partial charge on any atom is -0.493 e. The average molecular weight is 381 g/mol. The molecule has 27 heavy (non-hydrogen) atoms. The van der Waals surface area contributed by atoms with E-state index in [1.165, 1.54) is 19.2 Å². The third-order valence-corrected chi connectivity index (χ3v) is 5.14. The Bertz CT molecular complexity index is 1060. The SMILES string of the molecule is COc1cc(C=Nc2ccccc2C)ccc1OS(=O)(=O)c1ccccc1. The molecule has 0 bridgehead atoms. The summed E-state index contributed by atoms with van der Waals surface area (Å²) in [5, 5.41) is 0. The van der Waals surface area contributed by atoms with Crippen LogP contribution in [0.25, 0.3) is 0 Å². The molecule has 0 aliphatic carbocycles. The molecule has 0 fully saturated rings. The van der Waals surface area contributed by atoms with E-state index in [0.717, 1.165) is 16.8 Å². The smallest absolute Gasteiger partial charge is 0.339 e. The van der Waals surface area contributed by atoms with Crippen LogP contribution in [0.15, 0.2) is 82.7 Å². The number of para-hydroxylation sites is 1. The fourth-order valence-electron chi connectivity index (χ4n) is 2.44. The first-order valence-electron chi connectivity index (χ1n) is 8.27. The number of aliphatic imine (C=N–C) groups is 1. The van der Waals surface area contributed by atoms with E-state index in [1.807, 2.05) is 31.2 Å². The summed E-state index contributed by atoms with van der Waals surface area (Å²) >= 11 is 0. The lowest BCUT2D eigenvalue weighted by Gasteiger charge is -2.11. The third kappa shape index (κ3) is 4.54. The molecule has 0 heterocycles. The lowest BCUT2D eigenvalue weighted by molar-refractivity contribution is 0.390. The van der Waals surface area contributed by atoms with Crippen molar-refractivity contribution in [2.45, 2.75) is 11.8 Å². The van der Waals surface area contributed by atoms with Crippen LogP contribution in [-0.4, -0.2) is 21.7 Å². The van der Waals surface area contributed by atoms with E-state index >= 15 is 0 Å². The fourth-order valence-corrected chi connectivity index (χ4v) is 3.40. The highest BCUT2D eigenvalue weighted by molar-refractivity contribution is 7.87. The Hall–Kier alpha value is -3.12. The van der Waals surface area contributed by atoms with Crippen LogP contribution in [-0.2, 0) is 10.1 Å². The normalized spacial score (nSPS) is 11.5. The predicted molar refractivity (Wildman–Crippen MR) is 106 cm³/mol. The molecular formula is C21H19NO4S. The summed E-state index contributed by atoms with van der Waals surface area (Å²) in [5.41, 5.74) is 2.69. The van der Waals surface area contributed by atoms with Gasteiger partial charge in [0.25, 0.3) is 0 Å². The van der Waals surface area contributed by atoms with Gasteiger partial charge in [-0.15, -0.1) is 0 Å². The van der Waals surface area contributed by atoms with Crippen molar-refractivity contribution in [3.63, 3.8) is 0 Å². The van der Waals surface area contributed by atoms with Gasteiger partial charge in [0.15, 0.2) is 11.5 Å². The number of aryl methyl sites for hydroxylation is 1. The zero-order valence-electron chi connectivity index (χ0n) is 15.0. The van der Waals surface area contributed by atoms with E-state index < -0.39 is 10.1 Å². The molecule has 6 heteroatoms. The molecule has 3 rings (SSSR count). The van der Waals surface area contributed by atoms with Gasteiger partial charge in [-0.1, -0.05) is 36.4 Å². The average Bonchev–Trinajstić information content (AvgIpc) is 2.68. The Labute approximate surface area is 159 Å². The maximum absolute atomic E-state index is 12.4. The minimum absolute atomic E-state index is 0.0808. The third-order valence-electron chi connectivity index (χ3n) is 3.89. The zero-order chi connectivity index (χ0) is 19.3. The predicted octanol–water partition coefficient (Wildman–Crippen LogP) is 4.52. The van der Waals surface area contributed by atoms with Crippen LogP contribution in [0.5, 0.6) is 11.5 Å². The molecule has 0 aliphatic rings. The monoisotopic (exact) mass is 381 g/mol. The van der Waals surface area contributed by atoms with Crippen LogP contribution >= 0.6 is 0 Å². The van der Waals surface area contributed by atoms with E-state index in [0.29, 0.717) is 5.75 Å². The number of methoxy groups -OCH3 is 1. The maximum Gasteiger partial charge on any atom is 0.339 e. The van der Waals surface area contributed by atoms with E-state index in [9.17, 15) is 8.42 Å². The van der Waals surface area contributed by atoms with Gasteiger partial charge in [-0.05, 0) is 54.4 Å². The number of nitrogens with zero attached hydrogens (tertiary/aromatic N) is 1. The van der Waals surface area contributed by atoms with Gasteiger partial charge in [-0.3, -0.25) is 4.99 Å². The van der Waals surface area contributed by atoms with Crippen molar-refractivity contribution in [1.29, 1.82) is 0 Å². The van der Waals surface area contributed by atoms with Gasteiger partial charge >= 0.3 is 10.1 Å². The molecule has 0 atom stereocenters. The first-order chi connectivity index (χ1) is 13.0. The van der Waals surface area contributed by atoms with Crippen molar-refractivity contribution < 1.29 is 17.3 Å². The van der Waals surface area contributed by atoms with Crippen molar-refractivity contribution in [1.82, 2.24) is 0 Å². The van der Waals surface area contributed by atoms with Gasteiger partial charge in [0.1, 0.15) is 4.90 Å². The highest BCUT2D eigenvalue weighted by atomic mass is 32.2. The quantitative estimate of drug-likeness (QED) is 0.465. The first kappa shape index (κ1) is 18.7. The molecule has 0 N–H and O–H groups in total. The van der Waals surface area contributed by atoms with Gasteiger partial charge in [-0.25, -0.2) is 0 Å². The summed E-state index contributed by atoms with van der Waals surface area (Å²) in [4.78, 5) is 4.54. The van der Waals surface area contributed by atoms with E-state index in [1.54, 1.807) is 42.6 Å². The first-order valence-corrected chi connectivity index (χ1v) is 9.68. The van der Waals surface area contributed by atoms with Crippen molar-refractivity contribution in [3.05, 3.63) is 83.9 Å². The van der Waals surface area contributed by atoms with Crippen LogP contribution in [0.3, 0.4) is 0 Å². The van der Waals surface area contributed by atoms with Crippen molar-refractivity contribution in [3.8, 4) is 11.5 Å². The molecule has 0 aliphatic heterocycles. The fraction of sp³-hybridized carbons (Fsp3) is 0.0952. The molecule has 0 unspecified atom stereocenters. The van der Waals surface area contributed by atoms with Crippen LogP contribution in [0.2, 0.25) is 0 Å². The Morgan fingerprint density at radius 2 is 1.59 bits per heavy atom. The van der Waals surface area contributed by atoms with Gasteiger partial charge in [0.05, 0.1) is 12.8 Å². The molecule has 0 spiro atoms. The molecule has 3 aromatic rings. The largest absolute Gasteiger partial charge is 0.493 e. The summed E-state index contributed by atoms with van der Waals surface area (Å²) in [5.74, 6) is 0.428. The Morgan fingerprint density at radius 1 is 0.889 bits per heavy atom. The minimum atomic E-state index is -3.93. The molecule has 0 aromatic heterocycles. The summed E-state index contributed by atoms with van der Waals surface area (Å²) < 4.78 is 35.3. The van der Waals surface area contributed by atoms with E-state index in [-0.39, 0.29) is 10.6 Å². The second-order valence-corrected chi connectivity index (χ2v) is 7.35. The summed E-state index contributed by atoms with van der Waals surface area (Å²) in [7, 11) is -2.48. The number of rotatable bonds is 6. The Kier molecular flexibility index (Phi) is 5.57. The second kappa shape index (κ2) is 8.05. The number of hydrogen-bond donors (Lipinski definition) is 0. The van der Waals surface area contributed by atoms with E-state index in [4.69, 9.17) is 8.92 Å². The van der Waals surface area contributed by atoms with Gasteiger partial charge < -0.3 is 8.92 Å². The zero-order valence-corrected chi connectivity index (χ0v) is 15.8. The standard InChI is InChI=1S/C21H19NO4S/c1-16-8-6-7-11-19(16)22-15-17-12-13-20(21(14-17)25-2)26-27(23,24)18-9-4-3-5-10-18/h3-15H,1-2H3. The molecular weight excluding hydrogens is 362 g/mol. The second-order valence-electron chi connectivity index (χ2n) is 5.81. The van der Waals surface area contributed by atoms with Crippen LogP contribution in [0, 0.1) is 6.92 Å². The van der Waals surface area contributed by atoms with Crippen molar-refractivity contribution in [2.24, 2.45) is 4.99 Å². The number of benzene rings is 3. The molecule has 3 aromatic carbocycles. The van der Waals surface area contributed by atoms with Crippen LogP contribution in [0.1, 0.15) is 11.1 Å². The Morgan fingerprint density at radius 3 is 2.30 bits per heavy atom. The molecule has 0 saturated carbocycles. The van der Waals surface area contributed by atoms with Crippen LogP contribution < -0.4 is 8.92 Å². The van der Waals surface area contributed by atoms with Gasteiger partial charge in [0.2, 0.25) is 0 Å². The summed E-state index contributed by atoms with van der Waals surface area (Å²) in [6.07, 6.45) is 1.69. The Balaban J connectivity index is 1.86. The maximum atomic E-state index is 12.4. The highest BCUT2D eigenvalue weighted by Crippen LogP contribution is 2.30. The van der Waals surface area contributed by atoms with Crippen molar-refractivity contribution in [2.75, 3.05) is 7.11 Å². The molecule has 0 amide bonds. The lowest BCUT2D eigenvalue weighted by atomic mass is 10.2. The molecule has 0 radical (unpaired) electrons. The van der Waals surface area contributed by atoms with Gasteiger partial charge in [0, 0.05) is 6.21 Å². The summed E-state index contributed by atoms with van der Waals surface area (Å²) in [6, 6.07) is 20.7. The molecule has 138 valence electrons. The van der Waals surface area contributed by atoms with E-state index in [2.05, 4.69) is 4.99 Å².